The normalized spacial score (nSPS) is 11.8. The Bertz CT molecular complexity index is 379. The number of hydrogen-bond donors (Lipinski definition) is 0. The Kier molecular flexibility index (Phi) is 5.29. The second kappa shape index (κ2) is 6.04. The van der Waals surface area contributed by atoms with Crippen LogP contribution in [-0.2, 0) is 13.6 Å². The zero-order valence-electron chi connectivity index (χ0n) is 9.07. The lowest BCUT2D eigenvalue weighted by atomic mass is 10.4. The molecule has 3 nitrogen and oxygen atoms in total. The summed E-state index contributed by atoms with van der Waals surface area (Å²) in [5, 5.41) is 1.19. The van der Waals surface area contributed by atoms with Gasteiger partial charge in [0.05, 0.1) is 18.5 Å². The summed E-state index contributed by atoms with van der Waals surface area (Å²) in [6.45, 7) is 4.08. The molecule has 0 saturated carbocycles. The molecule has 0 aromatic heterocycles. The van der Waals surface area contributed by atoms with Crippen LogP contribution in [0.5, 0.6) is 0 Å². The molecule has 1 aromatic rings. The zero-order valence-corrected chi connectivity index (χ0v) is 11.5. The molecule has 0 fully saturated rings. The number of benzene rings is 1. The van der Waals surface area contributed by atoms with Gasteiger partial charge in [-0.1, -0.05) is 23.2 Å². The van der Waals surface area contributed by atoms with Crippen molar-refractivity contribution in [3.63, 3.8) is 0 Å². The van der Waals surface area contributed by atoms with Crippen molar-refractivity contribution in [2.75, 3.05) is 13.2 Å². The monoisotopic (exact) mass is 282 g/mol. The number of halogens is 2. The molecule has 16 heavy (non-hydrogen) atoms. The fourth-order valence-electron chi connectivity index (χ4n) is 1.22. The van der Waals surface area contributed by atoms with Gasteiger partial charge in [-0.2, -0.15) is 0 Å². The van der Waals surface area contributed by atoms with E-state index in [1.54, 1.807) is 32.0 Å². The van der Waals surface area contributed by atoms with E-state index < -0.39 is 7.60 Å². The van der Waals surface area contributed by atoms with E-state index in [0.29, 0.717) is 28.6 Å². The zero-order chi connectivity index (χ0) is 12.2. The van der Waals surface area contributed by atoms with Crippen LogP contribution in [0.15, 0.2) is 18.2 Å². The highest BCUT2D eigenvalue weighted by Gasteiger charge is 2.27. The minimum Gasteiger partial charge on any atom is -0.305 e. The van der Waals surface area contributed by atoms with Crippen molar-refractivity contribution in [3.05, 3.63) is 28.2 Å². The molecule has 0 radical (unpaired) electrons. The third-order valence-electron chi connectivity index (χ3n) is 1.76. The quantitative estimate of drug-likeness (QED) is 0.769. The average molecular weight is 283 g/mol. The van der Waals surface area contributed by atoms with Crippen LogP contribution in [0.2, 0.25) is 10.0 Å². The molecular weight excluding hydrogens is 270 g/mol. The fourth-order valence-corrected chi connectivity index (χ4v) is 3.55. The molecule has 0 heterocycles. The van der Waals surface area contributed by atoms with Crippen LogP contribution in [-0.4, -0.2) is 13.2 Å². The maximum Gasteiger partial charge on any atom is 0.361 e. The van der Waals surface area contributed by atoms with Gasteiger partial charge in [0.15, 0.2) is 0 Å². The summed E-state index contributed by atoms with van der Waals surface area (Å²) < 4.78 is 22.7. The third kappa shape index (κ3) is 3.47. The lowest BCUT2D eigenvalue weighted by molar-refractivity contribution is 0.230. The molecule has 90 valence electrons. The van der Waals surface area contributed by atoms with E-state index in [-0.39, 0.29) is 0 Å². The van der Waals surface area contributed by atoms with Gasteiger partial charge >= 0.3 is 7.60 Å². The largest absolute Gasteiger partial charge is 0.361 e. The van der Waals surface area contributed by atoms with Crippen LogP contribution in [0, 0.1) is 0 Å². The molecule has 1 rings (SSSR count). The molecule has 1 aromatic carbocycles. The minimum absolute atomic E-state index is 0.293. The van der Waals surface area contributed by atoms with Crippen LogP contribution in [0.3, 0.4) is 0 Å². The van der Waals surface area contributed by atoms with E-state index in [9.17, 15) is 4.57 Å². The van der Waals surface area contributed by atoms with Crippen LogP contribution in [0.25, 0.3) is 0 Å². The van der Waals surface area contributed by atoms with Gasteiger partial charge in [0, 0.05) is 10.0 Å². The molecule has 6 heteroatoms. The minimum atomic E-state index is -3.29. The maximum atomic E-state index is 12.4. The smallest absolute Gasteiger partial charge is 0.305 e. The summed E-state index contributed by atoms with van der Waals surface area (Å²) in [4.78, 5) is 0. The Morgan fingerprint density at radius 1 is 1.06 bits per heavy atom. The topological polar surface area (TPSA) is 35.5 Å². The third-order valence-corrected chi connectivity index (χ3v) is 4.28. The molecule has 0 aliphatic rings. The predicted octanol–water partition coefficient (Wildman–Crippen LogP) is 3.88. The number of rotatable bonds is 5. The van der Waals surface area contributed by atoms with Crippen molar-refractivity contribution in [1.82, 2.24) is 0 Å². The number of hydrogen-bond acceptors (Lipinski definition) is 3. The average Bonchev–Trinajstić information content (AvgIpc) is 2.16. The van der Waals surface area contributed by atoms with Crippen molar-refractivity contribution >= 4 is 36.1 Å². The Hall–Kier alpha value is -0.0500. The molecule has 0 bridgehead atoms. The van der Waals surface area contributed by atoms with Crippen molar-refractivity contribution in [2.45, 2.75) is 13.8 Å². The lowest BCUT2D eigenvalue weighted by Crippen LogP contribution is -2.10. The second-order valence-electron chi connectivity index (χ2n) is 2.96. The molecule has 0 aliphatic carbocycles. The molecule has 0 spiro atoms. The first-order valence-electron chi connectivity index (χ1n) is 4.87. The maximum absolute atomic E-state index is 12.4. The summed E-state index contributed by atoms with van der Waals surface area (Å²) in [5.74, 6) is 0. The van der Waals surface area contributed by atoms with Crippen LogP contribution < -0.4 is 5.30 Å². The second-order valence-corrected chi connectivity index (χ2v) is 5.86. The molecular formula is C10H13Cl2O3P. The van der Waals surface area contributed by atoms with Gasteiger partial charge in [0.1, 0.15) is 0 Å². The highest BCUT2D eigenvalue weighted by Crippen LogP contribution is 2.47. The molecule has 0 aliphatic heterocycles. The van der Waals surface area contributed by atoms with E-state index in [2.05, 4.69) is 0 Å². The van der Waals surface area contributed by atoms with Crippen LogP contribution >= 0.6 is 30.8 Å². The summed E-state index contributed by atoms with van der Waals surface area (Å²) in [5.41, 5.74) is 0. The molecule has 0 saturated heterocycles. The van der Waals surface area contributed by atoms with E-state index in [4.69, 9.17) is 32.2 Å². The SMILES string of the molecule is CCOP(=O)(OCC)c1cc(Cl)cc(Cl)c1. The fraction of sp³-hybridized carbons (Fsp3) is 0.400. The van der Waals surface area contributed by atoms with Crippen molar-refractivity contribution in [1.29, 1.82) is 0 Å². The Morgan fingerprint density at radius 2 is 1.50 bits per heavy atom. The lowest BCUT2D eigenvalue weighted by Gasteiger charge is -2.17. The molecule has 0 atom stereocenters. The van der Waals surface area contributed by atoms with Crippen LogP contribution in [0.4, 0.5) is 0 Å². The summed E-state index contributed by atoms with van der Waals surface area (Å²) in [6, 6.07) is 4.65. The first-order chi connectivity index (χ1) is 7.51. The highest BCUT2D eigenvalue weighted by atomic mass is 35.5. The molecule has 0 unspecified atom stereocenters. The highest BCUT2D eigenvalue weighted by molar-refractivity contribution is 7.62. The Balaban J connectivity index is 3.15. The summed E-state index contributed by atoms with van der Waals surface area (Å²) >= 11 is 11.7. The van der Waals surface area contributed by atoms with Gasteiger partial charge in [-0.25, -0.2) is 0 Å². The first-order valence-corrected chi connectivity index (χ1v) is 7.17. The van der Waals surface area contributed by atoms with Crippen LogP contribution in [0.1, 0.15) is 13.8 Å². The van der Waals surface area contributed by atoms with Gasteiger partial charge in [0.25, 0.3) is 0 Å². The van der Waals surface area contributed by atoms with Gasteiger partial charge in [-0.05, 0) is 32.0 Å². The van der Waals surface area contributed by atoms with E-state index >= 15 is 0 Å². The molecule has 0 N–H and O–H groups in total. The van der Waals surface area contributed by atoms with Gasteiger partial charge in [0.2, 0.25) is 0 Å². The first kappa shape index (κ1) is 14.0. The Labute approximate surface area is 105 Å². The van der Waals surface area contributed by atoms with Gasteiger partial charge in [-0.15, -0.1) is 0 Å². The summed E-state index contributed by atoms with van der Waals surface area (Å²) in [6.07, 6.45) is 0. The molecule has 0 amide bonds. The van der Waals surface area contributed by atoms with Crippen molar-refractivity contribution in [2.24, 2.45) is 0 Å². The van der Waals surface area contributed by atoms with Gasteiger partial charge in [-0.3, -0.25) is 4.57 Å². The summed E-state index contributed by atoms with van der Waals surface area (Å²) in [7, 11) is -3.29. The van der Waals surface area contributed by atoms with E-state index in [1.807, 2.05) is 0 Å². The standard InChI is InChI=1S/C10H13Cl2O3P/c1-3-14-16(13,15-4-2)10-6-8(11)5-9(12)7-10/h5-7H,3-4H2,1-2H3. The predicted molar refractivity (Wildman–Crippen MR) is 67.0 cm³/mol. The van der Waals surface area contributed by atoms with Crippen molar-refractivity contribution < 1.29 is 13.6 Å². The van der Waals surface area contributed by atoms with Gasteiger partial charge < -0.3 is 9.05 Å². The Morgan fingerprint density at radius 3 is 1.88 bits per heavy atom. The van der Waals surface area contributed by atoms with E-state index in [1.165, 1.54) is 0 Å². The van der Waals surface area contributed by atoms with Crippen molar-refractivity contribution in [3.8, 4) is 0 Å². The van der Waals surface area contributed by atoms with E-state index in [0.717, 1.165) is 0 Å².